The van der Waals surface area contributed by atoms with Crippen LogP contribution in [0, 0.1) is 5.41 Å². The van der Waals surface area contributed by atoms with Crippen LogP contribution in [0.25, 0.3) is 11.1 Å². The summed E-state index contributed by atoms with van der Waals surface area (Å²) in [7, 11) is 0. The lowest BCUT2D eigenvalue weighted by molar-refractivity contribution is -0.143. The van der Waals surface area contributed by atoms with Gasteiger partial charge in [0.25, 0.3) is 0 Å². The number of carbonyl (C=O) groups is 3. The van der Waals surface area contributed by atoms with Crippen molar-refractivity contribution in [3.8, 4) is 11.1 Å². The summed E-state index contributed by atoms with van der Waals surface area (Å²) in [6.45, 7) is 5.18. The molecule has 2 aliphatic carbocycles. The second kappa shape index (κ2) is 14.0. The number of fused-ring (bicyclic) bond motifs is 3. The van der Waals surface area contributed by atoms with Crippen molar-refractivity contribution < 1.29 is 23.9 Å². The molecule has 2 N–H and O–H groups in total. The lowest BCUT2D eigenvalue weighted by Crippen LogP contribution is -2.40. The van der Waals surface area contributed by atoms with E-state index in [4.69, 9.17) is 9.47 Å². The van der Waals surface area contributed by atoms with Crippen molar-refractivity contribution in [1.29, 1.82) is 0 Å². The highest BCUT2D eigenvalue weighted by Gasteiger charge is 2.41. The number of hydrogen-bond donors (Lipinski definition) is 2. The van der Waals surface area contributed by atoms with E-state index in [1.54, 1.807) is 6.08 Å². The predicted octanol–water partition coefficient (Wildman–Crippen LogP) is 5.88. The monoisotopic (exact) mass is 532 g/mol. The summed E-state index contributed by atoms with van der Waals surface area (Å²) >= 11 is 0. The first-order valence-electron chi connectivity index (χ1n) is 14.2. The van der Waals surface area contributed by atoms with Crippen LogP contribution in [-0.4, -0.2) is 44.3 Å². The Morgan fingerprint density at radius 1 is 0.872 bits per heavy atom. The van der Waals surface area contributed by atoms with Crippen LogP contribution >= 0.6 is 0 Å². The Morgan fingerprint density at radius 2 is 1.49 bits per heavy atom. The Morgan fingerprint density at radius 3 is 2.13 bits per heavy atom. The van der Waals surface area contributed by atoms with Gasteiger partial charge in [0.15, 0.2) is 0 Å². The topological polar surface area (TPSA) is 93.7 Å². The molecule has 0 unspecified atom stereocenters. The van der Waals surface area contributed by atoms with Gasteiger partial charge in [0.1, 0.15) is 13.2 Å². The summed E-state index contributed by atoms with van der Waals surface area (Å²) in [5.41, 5.74) is 4.35. The minimum Gasteiger partial charge on any atom is -0.461 e. The fraction of sp³-hybridized carbons (Fsp3) is 0.469. The number of benzene rings is 2. The molecule has 7 nitrogen and oxygen atoms in total. The normalized spacial score (nSPS) is 15.2. The minimum atomic E-state index is -0.459. The van der Waals surface area contributed by atoms with E-state index < -0.39 is 11.5 Å². The Bertz CT molecular complexity index is 1110. The van der Waals surface area contributed by atoms with E-state index in [9.17, 15) is 14.4 Å². The lowest BCUT2D eigenvalue weighted by atomic mass is 9.80. The largest absolute Gasteiger partial charge is 0.461 e. The van der Waals surface area contributed by atoms with Gasteiger partial charge in [0.2, 0.25) is 5.91 Å². The van der Waals surface area contributed by atoms with Gasteiger partial charge in [0.05, 0.1) is 0 Å². The van der Waals surface area contributed by atoms with E-state index in [1.165, 1.54) is 22.3 Å². The molecular weight excluding hydrogens is 492 g/mol. The summed E-state index contributed by atoms with van der Waals surface area (Å²) in [5.74, 6) is -0.182. The van der Waals surface area contributed by atoms with Gasteiger partial charge in [-0.1, -0.05) is 74.0 Å². The number of alkyl carbamates (subject to hydrolysis) is 1. The van der Waals surface area contributed by atoms with E-state index in [-0.39, 0.29) is 30.8 Å². The molecule has 1 fully saturated rings. The lowest BCUT2D eigenvalue weighted by Gasteiger charge is -2.27. The van der Waals surface area contributed by atoms with Crippen LogP contribution in [0.3, 0.4) is 0 Å². The molecule has 0 aliphatic heterocycles. The second-order valence-corrected chi connectivity index (χ2v) is 10.5. The molecule has 0 heterocycles. The molecule has 2 aromatic rings. The van der Waals surface area contributed by atoms with Gasteiger partial charge >= 0.3 is 12.1 Å². The van der Waals surface area contributed by atoms with Crippen molar-refractivity contribution in [3.63, 3.8) is 0 Å². The van der Waals surface area contributed by atoms with E-state index in [0.717, 1.165) is 44.9 Å². The maximum Gasteiger partial charge on any atom is 0.407 e. The third kappa shape index (κ3) is 7.28. The molecular formula is C32H40N2O5. The molecule has 0 saturated heterocycles. The smallest absolute Gasteiger partial charge is 0.407 e. The molecule has 208 valence electrons. The first-order valence-corrected chi connectivity index (χ1v) is 14.2. The number of carbonyl (C=O) groups excluding carboxylic acids is 3. The predicted molar refractivity (Wildman–Crippen MR) is 151 cm³/mol. The van der Waals surface area contributed by atoms with Crippen molar-refractivity contribution in [3.05, 3.63) is 72.3 Å². The number of nitrogens with one attached hydrogen (secondary N) is 2. The average molecular weight is 533 g/mol. The summed E-state index contributed by atoms with van der Waals surface area (Å²) in [5, 5.41) is 5.93. The summed E-state index contributed by atoms with van der Waals surface area (Å²) in [4.78, 5) is 37.2. The average Bonchev–Trinajstić information content (AvgIpc) is 3.57. The van der Waals surface area contributed by atoms with Gasteiger partial charge in [-0.25, -0.2) is 4.79 Å². The summed E-state index contributed by atoms with van der Waals surface area (Å²) in [6, 6.07) is 16.6. The fourth-order valence-corrected chi connectivity index (χ4v) is 5.86. The minimum absolute atomic E-state index is 0.0488. The number of rotatable bonds is 14. The Kier molecular flexibility index (Phi) is 10.2. The molecule has 1 saturated carbocycles. The van der Waals surface area contributed by atoms with Crippen LogP contribution in [0.4, 0.5) is 4.79 Å². The first-order chi connectivity index (χ1) is 19.0. The molecule has 4 rings (SSSR count). The highest BCUT2D eigenvalue weighted by atomic mass is 16.5. The van der Waals surface area contributed by atoms with Crippen molar-refractivity contribution in [2.45, 2.75) is 63.7 Å². The molecule has 2 aromatic carbocycles. The fourth-order valence-electron chi connectivity index (χ4n) is 5.86. The second-order valence-electron chi connectivity index (χ2n) is 10.5. The number of unbranched alkanes of at least 4 members (excludes halogenated alkanes) is 2. The first kappa shape index (κ1) is 28.4. The zero-order chi connectivity index (χ0) is 27.5. The maximum atomic E-state index is 13.0. The van der Waals surface area contributed by atoms with Gasteiger partial charge in [-0.05, 0) is 60.8 Å². The van der Waals surface area contributed by atoms with Crippen molar-refractivity contribution in [2.24, 2.45) is 5.41 Å². The van der Waals surface area contributed by atoms with Crippen LogP contribution < -0.4 is 10.6 Å². The number of esters is 1. The number of hydrogen-bond acceptors (Lipinski definition) is 5. The molecule has 7 heteroatoms. The van der Waals surface area contributed by atoms with Crippen LogP contribution in [0.5, 0.6) is 0 Å². The Labute approximate surface area is 231 Å². The standard InChI is InChI=1S/C32H40N2O5/c1-2-22-38-29(35)16-19-32(17-8-9-18-32)30(36)33-20-10-3-11-21-34-31(37)39-23-28-26-14-6-4-12-24(26)25-13-5-7-15-27(25)28/h2,4-7,12-15,28H,1,3,8-11,16-23H2,(H,33,36)(H,34,37). The maximum absolute atomic E-state index is 13.0. The van der Waals surface area contributed by atoms with Crippen molar-refractivity contribution in [1.82, 2.24) is 10.6 Å². The van der Waals surface area contributed by atoms with E-state index in [2.05, 4.69) is 41.5 Å². The van der Waals surface area contributed by atoms with Crippen LogP contribution in [-0.2, 0) is 19.1 Å². The third-order valence-electron chi connectivity index (χ3n) is 7.96. The summed E-state index contributed by atoms with van der Waals surface area (Å²) < 4.78 is 10.7. The van der Waals surface area contributed by atoms with Crippen molar-refractivity contribution in [2.75, 3.05) is 26.3 Å². The summed E-state index contributed by atoms with van der Waals surface area (Å²) in [6.07, 6.45) is 8.09. The van der Waals surface area contributed by atoms with Gasteiger partial charge in [0, 0.05) is 30.8 Å². The SMILES string of the molecule is C=CCOC(=O)CCC1(C(=O)NCCCCCNC(=O)OCC2c3ccccc3-c3ccccc32)CCCC1. The van der Waals surface area contributed by atoms with Crippen LogP contribution in [0.2, 0.25) is 0 Å². The molecule has 0 aromatic heterocycles. The zero-order valence-electron chi connectivity index (χ0n) is 22.7. The number of amides is 2. The molecule has 2 amide bonds. The Hall–Kier alpha value is -3.61. The Balaban J connectivity index is 1.11. The molecule has 0 spiro atoms. The van der Waals surface area contributed by atoms with E-state index >= 15 is 0 Å². The highest BCUT2D eigenvalue weighted by Crippen LogP contribution is 2.44. The molecule has 0 atom stereocenters. The number of ether oxygens (including phenoxy) is 2. The van der Waals surface area contributed by atoms with Gasteiger partial charge in [-0.2, -0.15) is 0 Å². The van der Waals surface area contributed by atoms with Crippen molar-refractivity contribution >= 4 is 18.0 Å². The molecule has 0 bridgehead atoms. The molecule has 2 aliphatic rings. The quantitative estimate of drug-likeness (QED) is 0.180. The third-order valence-corrected chi connectivity index (χ3v) is 7.96. The zero-order valence-corrected chi connectivity index (χ0v) is 22.7. The highest BCUT2D eigenvalue weighted by molar-refractivity contribution is 5.83. The van der Waals surface area contributed by atoms with Gasteiger partial charge in [-0.3, -0.25) is 9.59 Å². The van der Waals surface area contributed by atoms with Gasteiger partial charge < -0.3 is 20.1 Å². The van der Waals surface area contributed by atoms with Crippen LogP contribution in [0.15, 0.2) is 61.2 Å². The van der Waals surface area contributed by atoms with Crippen LogP contribution in [0.1, 0.15) is 74.8 Å². The molecule has 0 radical (unpaired) electrons. The van der Waals surface area contributed by atoms with E-state index in [1.807, 2.05) is 24.3 Å². The molecule has 39 heavy (non-hydrogen) atoms. The van der Waals surface area contributed by atoms with E-state index in [0.29, 0.717) is 26.1 Å². The van der Waals surface area contributed by atoms with Gasteiger partial charge in [-0.15, -0.1) is 0 Å².